The van der Waals surface area contributed by atoms with E-state index in [0.717, 1.165) is 12.0 Å². The van der Waals surface area contributed by atoms with E-state index in [4.69, 9.17) is 4.74 Å². The monoisotopic (exact) mass is 224 g/mol. The molecule has 0 aromatic heterocycles. The van der Waals surface area contributed by atoms with Crippen LogP contribution in [0.25, 0.3) is 0 Å². The molecule has 0 heterocycles. The Morgan fingerprint density at radius 1 is 1.38 bits per heavy atom. The normalized spacial score (nSPS) is 12.0. The van der Waals surface area contributed by atoms with Gasteiger partial charge in [-0.2, -0.15) is 0 Å². The van der Waals surface area contributed by atoms with Crippen LogP contribution in [0, 0.1) is 0 Å². The molecule has 4 nitrogen and oxygen atoms in total. The van der Waals surface area contributed by atoms with E-state index in [2.05, 4.69) is 4.74 Å². The smallest absolute Gasteiger partial charge is 0.339 e. The van der Waals surface area contributed by atoms with Gasteiger partial charge in [0.2, 0.25) is 0 Å². The molecular formula is C12H16O4. The molecule has 1 aromatic carbocycles. The molecule has 0 amide bonds. The van der Waals surface area contributed by atoms with Gasteiger partial charge in [0.05, 0.1) is 14.2 Å². The van der Waals surface area contributed by atoms with Crippen LogP contribution in [-0.4, -0.2) is 25.3 Å². The molecule has 1 atom stereocenters. The van der Waals surface area contributed by atoms with Crippen molar-refractivity contribution in [3.8, 4) is 5.75 Å². The number of hydrogen-bond acceptors (Lipinski definition) is 4. The largest absolute Gasteiger partial charge is 0.497 e. The summed E-state index contributed by atoms with van der Waals surface area (Å²) in [5.41, 5.74) is 1.49. The van der Waals surface area contributed by atoms with Gasteiger partial charge in [0.25, 0.3) is 0 Å². The molecule has 0 saturated carbocycles. The Labute approximate surface area is 94.8 Å². The molecule has 0 aliphatic carbocycles. The fourth-order valence-electron chi connectivity index (χ4n) is 1.41. The molecule has 0 fully saturated rings. The van der Waals surface area contributed by atoms with Gasteiger partial charge in [-0.3, -0.25) is 0 Å². The van der Waals surface area contributed by atoms with Crippen molar-refractivity contribution in [3.05, 3.63) is 29.3 Å². The third kappa shape index (κ3) is 2.73. The first kappa shape index (κ1) is 12.5. The van der Waals surface area contributed by atoms with Crippen LogP contribution in [0.2, 0.25) is 0 Å². The Morgan fingerprint density at radius 3 is 2.56 bits per heavy atom. The van der Waals surface area contributed by atoms with Crippen LogP contribution in [0.15, 0.2) is 18.2 Å². The zero-order chi connectivity index (χ0) is 12.1. The number of methoxy groups -OCH3 is 2. The van der Waals surface area contributed by atoms with E-state index in [0.29, 0.717) is 11.3 Å². The molecule has 0 aliphatic rings. The van der Waals surface area contributed by atoms with Crippen LogP contribution in [0.4, 0.5) is 0 Å². The molecule has 0 spiro atoms. The van der Waals surface area contributed by atoms with Gasteiger partial charge in [0.15, 0.2) is 6.10 Å². The minimum absolute atomic E-state index is 0.489. The van der Waals surface area contributed by atoms with Crippen molar-refractivity contribution in [1.82, 2.24) is 0 Å². The molecule has 1 aromatic rings. The number of hydrogen-bond donors (Lipinski definition) is 1. The number of aliphatic hydroxyl groups is 1. The van der Waals surface area contributed by atoms with Crippen LogP contribution in [0.3, 0.4) is 0 Å². The molecule has 1 unspecified atom stereocenters. The highest BCUT2D eigenvalue weighted by atomic mass is 16.5. The number of carbonyl (C=O) groups excluding carboxylic acids is 1. The van der Waals surface area contributed by atoms with Crippen molar-refractivity contribution in [2.45, 2.75) is 19.4 Å². The van der Waals surface area contributed by atoms with E-state index >= 15 is 0 Å². The number of esters is 1. The molecule has 0 bridgehead atoms. The van der Waals surface area contributed by atoms with Crippen LogP contribution in [-0.2, 0) is 16.0 Å². The first-order valence-electron chi connectivity index (χ1n) is 5.06. The van der Waals surface area contributed by atoms with Crippen molar-refractivity contribution in [1.29, 1.82) is 0 Å². The van der Waals surface area contributed by atoms with E-state index in [9.17, 15) is 9.90 Å². The summed E-state index contributed by atoms with van der Waals surface area (Å²) in [5.74, 6) is -0.0485. The summed E-state index contributed by atoms with van der Waals surface area (Å²) < 4.78 is 9.58. The molecule has 16 heavy (non-hydrogen) atoms. The third-order valence-corrected chi connectivity index (χ3v) is 2.37. The Hall–Kier alpha value is -1.55. The molecule has 1 N–H and O–H groups in total. The number of rotatable bonds is 4. The van der Waals surface area contributed by atoms with Gasteiger partial charge in [0.1, 0.15) is 5.75 Å². The lowest BCUT2D eigenvalue weighted by Gasteiger charge is -2.12. The van der Waals surface area contributed by atoms with Gasteiger partial charge in [-0.1, -0.05) is 13.0 Å². The molecule has 88 valence electrons. The maximum absolute atomic E-state index is 11.2. The van der Waals surface area contributed by atoms with E-state index in [-0.39, 0.29) is 0 Å². The minimum Gasteiger partial charge on any atom is -0.497 e. The Bertz CT molecular complexity index is 351. The average Bonchev–Trinajstić information content (AvgIpc) is 2.35. The standard InChI is InChI=1S/C12H16O4/c1-4-8-5-9(7-10(6-8)15-2)11(13)12(14)16-3/h5-7,11,13H,4H2,1-3H3. The van der Waals surface area contributed by atoms with Crippen LogP contribution < -0.4 is 4.74 Å². The number of aryl methyl sites for hydroxylation is 1. The van der Waals surface area contributed by atoms with Gasteiger partial charge in [0, 0.05) is 0 Å². The van der Waals surface area contributed by atoms with Crippen LogP contribution in [0.1, 0.15) is 24.2 Å². The van der Waals surface area contributed by atoms with E-state index in [1.807, 2.05) is 13.0 Å². The lowest BCUT2D eigenvalue weighted by atomic mass is 10.0. The van der Waals surface area contributed by atoms with Crippen molar-refractivity contribution < 1.29 is 19.4 Å². The van der Waals surface area contributed by atoms with Crippen molar-refractivity contribution in [2.75, 3.05) is 14.2 Å². The topological polar surface area (TPSA) is 55.8 Å². The van der Waals surface area contributed by atoms with Gasteiger partial charge in [-0.15, -0.1) is 0 Å². The minimum atomic E-state index is -1.26. The lowest BCUT2D eigenvalue weighted by Crippen LogP contribution is -2.13. The summed E-state index contributed by atoms with van der Waals surface area (Å²) in [6.45, 7) is 1.99. The molecular weight excluding hydrogens is 208 g/mol. The Kier molecular flexibility index (Phi) is 4.31. The summed E-state index contributed by atoms with van der Waals surface area (Å²) in [5, 5.41) is 9.70. The van der Waals surface area contributed by atoms with Gasteiger partial charge < -0.3 is 14.6 Å². The Balaban J connectivity index is 3.07. The number of aliphatic hydroxyl groups excluding tert-OH is 1. The van der Waals surface area contributed by atoms with Gasteiger partial charge >= 0.3 is 5.97 Å². The highest BCUT2D eigenvalue weighted by Gasteiger charge is 2.18. The fraction of sp³-hybridized carbons (Fsp3) is 0.417. The quantitative estimate of drug-likeness (QED) is 0.787. The predicted molar refractivity (Wildman–Crippen MR) is 59.3 cm³/mol. The molecule has 0 saturated heterocycles. The average molecular weight is 224 g/mol. The lowest BCUT2D eigenvalue weighted by molar-refractivity contribution is -0.150. The van der Waals surface area contributed by atoms with E-state index in [1.165, 1.54) is 7.11 Å². The van der Waals surface area contributed by atoms with Gasteiger partial charge in [-0.05, 0) is 29.7 Å². The first-order chi connectivity index (χ1) is 7.62. The summed E-state index contributed by atoms with van der Waals surface area (Å²) in [4.78, 5) is 11.2. The number of carbonyl (C=O) groups is 1. The van der Waals surface area contributed by atoms with Crippen molar-refractivity contribution >= 4 is 5.97 Å². The predicted octanol–water partition coefficient (Wildman–Crippen LogP) is 1.46. The van der Waals surface area contributed by atoms with Crippen LogP contribution in [0.5, 0.6) is 5.75 Å². The SMILES string of the molecule is CCc1cc(OC)cc(C(O)C(=O)OC)c1. The summed E-state index contributed by atoms with van der Waals surface area (Å²) in [6.07, 6.45) is -0.455. The van der Waals surface area contributed by atoms with Crippen molar-refractivity contribution in [3.63, 3.8) is 0 Å². The second-order valence-corrected chi connectivity index (χ2v) is 3.39. The van der Waals surface area contributed by atoms with E-state index in [1.54, 1.807) is 19.2 Å². The molecule has 0 aliphatic heterocycles. The summed E-state index contributed by atoms with van der Waals surface area (Å²) in [7, 11) is 2.79. The number of ether oxygens (including phenoxy) is 2. The maximum atomic E-state index is 11.2. The summed E-state index contributed by atoms with van der Waals surface area (Å²) in [6, 6.07) is 5.26. The zero-order valence-electron chi connectivity index (χ0n) is 9.69. The van der Waals surface area contributed by atoms with Crippen LogP contribution >= 0.6 is 0 Å². The highest BCUT2D eigenvalue weighted by molar-refractivity contribution is 5.76. The van der Waals surface area contributed by atoms with Crippen molar-refractivity contribution in [2.24, 2.45) is 0 Å². The second kappa shape index (κ2) is 5.51. The molecule has 1 rings (SSSR count). The zero-order valence-corrected chi connectivity index (χ0v) is 9.69. The second-order valence-electron chi connectivity index (χ2n) is 3.39. The molecule has 0 radical (unpaired) electrons. The highest BCUT2D eigenvalue weighted by Crippen LogP contribution is 2.23. The maximum Gasteiger partial charge on any atom is 0.339 e. The first-order valence-corrected chi connectivity index (χ1v) is 5.06. The number of benzene rings is 1. The summed E-state index contributed by atoms with van der Waals surface area (Å²) >= 11 is 0. The van der Waals surface area contributed by atoms with E-state index < -0.39 is 12.1 Å². The third-order valence-electron chi connectivity index (χ3n) is 2.37. The Morgan fingerprint density at radius 2 is 2.06 bits per heavy atom. The molecule has 4 heteroatoms. The fourth-order valence-corrected chi connectivity index (χ4v) is 1.41. The van der Waals surface area contributed by atoms with Gasteiger partial charge in [-0.25, -0.2) is 4.79 Å².